The number of aliphatic imine (C=N–C) groups is 1. The van der Waals surface area contributed by atoms with E-state index >= 15 is 0 Å². The number of halogens is 2. The number of para-hydroxylation sites is 1. The Bertz CT molecular complexity index is 1040. The Morgan fingerprint density at radius 1 is 1.10 bits per heavy atom. The van der Waals surface area contributed by atoms with Crippen LogP contribution < -0.4 is 15.5 Å². The van der Waals surface area contributed by atoms with Crippen molar-refractivity contribution in [3.8, 4) is 0 Å². The SMILES string of the molecule is CN1C(=O)C(NC(=S)Nc2cccc(Cl)c2Cl)N=C(C2CCCCC2)c2ccccc21. The first-order valence-electron chi connectivity index (χ1n) is 10.4. The number of hydrogen-bond donors (Lipinski definition) is 2. The molecule has 1 aliphatic carbocycles. The maximum Gasteiger partial charge on any atom is 0.272 e. The zero-order chi connectivity index (χ0) is 22.0. The molecule has 0 aromatic heterocycles. The fourth-order valence-electron chi connectivity index (χ4n) is 4.23. The number of anilines is 2. The molecule has 1 saturated carbocycles. The molecule has 4 rings (SSSR count). The van der Waals surface area contributed by atoms with Gasteiger partial charge in [0.05, 0.1) is 27.1 Å². The van der Waals surface area contributed by atoms with Crippen molar-refractivity contribution in [2.24, 2.45) is 10.9 Å². The molecule has 1 heterocycles. The van der Waals surface area contributed by atoms with Crippen LogP contribution in [0.15, 0.2) is 47.5 Å². The third-order valence-electron chi connectivity index (χ3n) is 5.83. The minimum atomic E-state index is -0.827. The number of rotatable bonds is 3. The van der Waals surface area contributed by atoms with Gasteiger partial charge in [0.1, 0.15) is 0 Å². The first-order valence-corrected chi connectivity index (χ1v) is 11.6. The van der Waals surface area contributed by atoms with Gasteiger partial charge in [0, 0.05) is 18.5 Å². The lowest BCUT2D eigenvalue weighted by Crippen LogP contribution is -2.47. The minimum absolute atomic E-state index is 0.167. The van der Waals surface area contributed by atoms with Crippen molar-refractivity contribution >= 4 is 63.5 Å². The number of thiocarbonyl (C=S) groups is 1. The average molecular weight is 475 g/mol. The molecule has 2 aliphatic rings. The number of hydrogen-bond acceptors (Lipinski definition) is 3. The zero-order valence-electron chi connectivity index (χ0n) is 17.2. The van der Waals surface area contributed by atoms with Gasteiger partial charge in [0.15, 0.2) is 5.11 Å². The van der Waals surface area contributed by atoms with Gasteiger partial charge in [0.25, 0.3) is 5.91 Å². The highest BCUT2D eigenvalue weighted by Crippen LogP contribution is 2.33. The molecule has 1 aliphatic heterocycles. The maximum atomic E-state index is 13.3. The molecule has 0 spiro atoms. The number of benzene rings is 2. The van der Waals surface area contributed by atoms with Gasteiger partial charge < -0.3 is 15.5 Å². The van der Waals surface area contributed by atoms with E-state index in [4.69, 9.17) is 40.4 Å². The van der Waals surface area contributed by atoms with Crippen molar-refractivity contribution in [3.63, 3.8) is 0 Å². The van der Waals surface area contributed by atoms with E-state index in [1.807, 2.05) is 18.2 Å². The predicted octanol–water partition coefficient (Wildman–Crippen LogP) is 5.65. The molecule has 2 aromatic rings. The zero-order valence-corrected chi connectivity index (χ0v) is 19.5. The smallest absolute Gasteiger partial charge is 0.272 e. The lowest BCUT2D eigenvalue weighted by Gasteiger charge is -2.25. The van der Waals surface area contributed by atoms with Crippen molar-refractivity contribution in [1.29, 1.82) is 0 Å². The van der Waals surface area contributed by atoms with Crippen LogP contribution in [0.5, 0.6) is 0 Å². The molecule has 1 unspecified atom stereocenters. The number of likely N-dealkylation sites (N-methyl/N-ethyl adjacent to an activating group) is 1. The Hall–Kier alpha value is -2.15. The van der Waals surface area contributed by atoms with E-state index in [1.54, 1.807) is 30.1 Å². The second-order valence-electron chi connectivity index (χ2n) is 7.87. The molecule has 0 bridgehead atoms. The van der Waals surface area contributed by atoms with Crippen LogP contribution in [0.3, 0.4) is 0 Å². The van der Waals surface area contributed by atoms with Crippen LogP contribution in [0.2, 0.25) is 10.0 Å². The largest absolute Gasteiger partial charge is 0.333 e. The molecule has 1 amide bonds. The van der Waals surface area contributed by atoms with Crippen molar-refractivity contribution < 1.29 is 4.79 Å². The van der Waals surface area contributed by atoms with E-state index in [1.165, 1.54) is 19.3 Å². The van der Waals surface area contributed by atoms with Gasteiger partial charge in [-0.05, 0) is 43.3 Å². The molecular weight excluding hydrogens is 451 g/mol. The summed E-state index contributed by atoms with van der Waals surface area (Å²) in [6.07, 6.45) is 4.95. The summed E-state index contributed by atoms with van der Waals surface area (Å²) in [7, 11) is 1.78. The predicted molar refractivity (Wildman–Crippen MR) is 133 cm³/mol. The van der Waals surface area contributed by atoms with Crippen LogP contribution in [0.4, 0.5) is 11.4 Å². The lowest BCUT2D eigenvalue weighted by molar-refractivity contribution is -0.119. The van der Waals surface area contributed by atoms with Gasteiger partial charge in [-0.15, -0.1) is 0 Å². The third kappa shape index (κ3) is 4.71. The van der Waals surface area contributed by atoms with Gasteiger partial charge >= 0.3 is 0 Å². The summed E-state index contributed by atoms with van der Waals surface area (Å²) in [6, 6.07) is 13.2. The maximum absolute atomic E-state index is 13.3. The topological polar surface area (TPSA) is 56.7 Å². The number of fused-ring (bicyclic) bond motifs is 1. The molecule has 2 aromatic carbocycles. The van der Waals surface area contributed by atoms with Crippen molar-refractivity contribution in [2.45, 2.75) is 38.3 Å². The Kier molecular flexibility index (Phi) is 6.80. The second-order valence-corrected chi connectivity index (χ2v) is 9.06. The molecule has 0 saturated heterocycles. The second kappa shape index (κ2) is 9.55. The molecule has 2 N–H and O–H groups in total. The summed E-state index contributed by atoms with van der Waals surface area (Å²) in [5, 5.41) is 7.17. The highest BCUT2D eigenvalue weighted by molar-refractivity contribution is 7.80. The van der Waals surface area contributed by atoms with Gasteiger partial charge in [-0.2, -0.15) is 0 Å². The highest BCUT2D eigenvalue weighted by Gasteiger charge is 2.33. The summed E-state index contributed by atoms with van der Waals surface area (Å²) >= 11 is 17.8. The first kappa shape index (κ1) is 22.1. The highest BCUT2D eigenvalue weighted by atomic mass is 35.5. The monoisotopic (exact) mass is 474 g/mol. The number of benzodiazepines with no additional fused rings is 1. The van der Waals surface area contributed by atoms with Crippen LogP contribution in [0.1, 0.15) is 37.7 Å². The standard InChI is InChI=1S/C23H24Cl2N4OS/c1-29-18-13-6-5-10-15(18)20(14-8-3-2-4-9-14)27-21(22(29)30)28-23(31)26-17-12-7-11-16(24)19(17)25/h5-7,10-14,21H,2-4,8-9H2,1H3,(H2,26,28,31). The van der Waals surface area contributed by atoms with Gasteiger partial charge in [-0.25, -0.2) is 0 Å². The molecule has 1 fully saturated rings. The fraction of sp³-hybridized carbons (Fsp3) is 0.348. The van der Waals surface area contributed by atoms with Crippen molar-refractivity contribution in [1.82, 2.24) is 5.32 Å². The first-order chi connectivity index (χ1) is 15.0. The minimum Gasteiger partial charge on any atom is -0.333 e. The molecule has 162 valence electrons. The number of amides is 1. The molecule has 31 heavy (non-hydrogen) atoms. The average Bonchev–Trinajstić information content (AvgIpc) is 2.88. The van der Waals surface area contributed by atoms with E-state index in [2.05, 4.69) is 16.7 Å². The fourth-order valence-corrected chi connectivity index (χ4v) is 4.80. The summed E-state index contributed by atoms with van der Waals surface area (Å²) in [4.78, 5) is 19.8. The van der Waals surface area contributed by atoms with Crippen LogP contribution in [0, 0.1) is 5.92 Å². The summed E-state index contributed by atoms with van der Waals surface area (Å²) in [6.45, 7) is 0. The molecular formula is C23H24Cl2N4OS. The number of nitrogens with one attached hydrogen (secondary N) is 2. The summed E-state index contributed by atoms with van der Waals surface area (Å²) in [5.41, 5.74) is 3.44. The van der Waals surface area contributed by atoms with E-state index in [-0.39, 0.29) is 11.0 Å². The summed E-state index contributed by atoms with van der Waals surface area (Å²) < 4.78 is 0. The van der Waals surface area contributed by atoms with Crippen LogP contribution in [-0.2, 0) is 4.79 Å². The quantitative estimate of drug-likeness (QED) is 0.564. The Morgan fingerprint density at radius 2 is 1.84 bits per heavy atom. The van der Waals surface area contributed by atoms with E-state index in [0.717, 1.165) is 29.8 Å². The lowest BCUT2D eigenvalue weighted by atomic mass is 9.83. The molecule has 5 nitrogen and oxygen atoms in total. The molecule has 1 atom stereocenters. The van der Waals surface area contributed by atoms with E-state index in [0.29, 0.717) is 21.7 Å². The van der Waals surface area contributed by atoms with Crippen LogP contribution in [0.25, 0.3) is 0 Å². The molecule has 8 heteroatoms. The van der Waals surface area contributed by atoms with Crippen LogP contribution >= 0.6 is 35.4 Å². The Balaban J connectivity index is 1.64. The number of nitrogens with zero attached hydrogens (tertiary/aromatic N) is 2. The Morgan fingerprint density at radius 3 is 2.61 bits per heavy atom. The Labute approximate surface area is 197 Å². The van der Waals surface area contributed by atoms with E-state index in [9.17, 15) is 4.79 Å². The number of carbonyl (C=O) groups excluding carboxylic acids is 1. The van der Waals surface area contributed by atoms with Crippen molar-refractivity contribution in [3.05, 3.63) is 58.1 Å². The van der Waals surface area contributed by atoms with Gasteiger partial charge in [0.2, 0.25) is 6.17 Å². The summed E-state index contributed by atoms with van der Waals surface area (Å²) in [5.74, 6) is 0.169. The third-order valence-corrected chi connectivity index (χ3v) is 6.87. The molecule has 0 radical (unpaired) electrons. The van der Waals surface area contributed by atoms with Gasteiger partial charge in [-0.3, -0.25) is 9.79 Å². The van der Waals surface area contributed by atoms with Crippen LogP contribution in [-0.4, -0.2) is 29.9 Å². The van der Waals surface area contributed by atoms with Crippen molar-refractivity contribution in [2.75, 3.05) is 17.3 Å². The number of carbonyl (C=O) groups is 1. The van der Waals surface area contributed by atoms with Gasteiger partial charge in [-0.1, -0.05) is 66.7 Å². The van der Waals surface area contributed by atoms with E-state index < -0.39 is 6.17 Å². The normalized spacial score (nSPS) is 19.3.